The predicted octanol–water partition coefficient (Wildman–Crippen LogP) is 5.37. The number of unbranched alkanes of at least 4 members (excludes halogenated alkanes) is 10. The van der Waals surface area contributed by atoms with E-state index in [1.807, 2.05) is 0 Å². The van der Waals surface area contributed by atoms with Crippen LogP contribution in [0, 0.1) is 0 Å². The molecule has 6 heteroatoms. The third-order valence-corrected chi connectivity index (χ3v) is 5.52. The van der Waals surface area contributed by atoms with Crippen molar-refractivity contribution in [1.82, 2.24) is 0 Å². The fraction of sp³-hybridized carbons (Fsp3) is 0.692. The fourth-order valence-corrected chi connectivity index (χ4v) is 3.51. The van der Waals surface area contributed by atoms with Gasteiger partial charge in [-0.2, -0.15) is 0 Å². The zero-order chi connectivity index (χ0) is 24.2. The molecule has 1 rings (SSSR count). The van der Waals surface area contributed by atoms with Crippen LogP contribution in [0.3, 0.4) is 0 Å². The second-order valence-corrected chi connectivity index (χ2v) is 8.37. The van der Waals surface area contributed by atoms with Gasteiger partial charge in [0.15, 0.2) is 12.2 Å². The average molecular weight is 453 g/mol. The highest BCUT2D eigenvalue weighted by molar-refractivity contribution is 5.83. The molecule has 0 fully saturated rings. The maximum absolute atomic E-state index is 9.77. The number of carboxylic acids is 2. The third-order valence-electron chi connectivity index (χ3n) is 5.52. The Labute approximate surface area is 193 Å². The van der Waals surface area contributed by atoms with Crippen molar-refractivity contribution in [2.24, 2.45) is 0 Å². The lowest BCUT2D eigenvalue weighted by Crippen LogP contribution is -2.39. The summed E-state index contributed by atoms with van der Waals surface area (Å²) >= 11 is 0. The van der Waals surface area contributed by atoms with Gasteiger partial charge in [-0.25, -0.2) is 9.59 Å². The monoisotopic (exact) mass is 452 g/mol. The fourth-order valence-electron chi connectivity index (χ4n) is 3.51. The highest BCUT2D eigenvalue weighted by Crippen LogP contribution is 2.17. The molecule has 2 atom stereocenters. The number of aryl methyl sites for hydroxylation is 2. The summed E-state index contributed by atoms with van der Waals surface area (Å²) in [7, 11) is 0. The highest BCUT2D eigenvalue weighted by atomic mass is 16.4. The van der Waals surface area contributed by atoms with Crippen molar-refractivity contribution in [3.63, 3.8) is 0 Å². The minimum atomic E-state index is -2.27. The summed E-state index contributed by atoms with van der Waals surface area (Å²) in [6.07, 6.45) is 14.8. The van der Waals surface area contributed by atoms with E-state index in [0.29, 0.717) is 0 Å². The molecule has 1 aromatic rings. The van der Waals surface area contributed by atoms with Crippen LogP contribution in [0.15, 0.2) is 24.3 Å². The van der Waals surface area contributed by atoms with Crippen LogP contribution in [-0.4, -0.2) is 44.6 Å². The Hall–Kier alpha value is -1.92. The van der Waals surface area contributed by atoms with E-state index in [1.54, 1.807) is 11.1 Å². The molecule has 0 aliphatic heterocycles. The number of carboxylic acid groups (broad SMARTS) is 2. The standard InChI is InChI=1S/C22H38.C4H6O6/c1-3-5-7-9-11-13-17-21-19-15-16-20-22(21)18-14-12-10-8-6-4-2;5-1(3(7)8)2(6)4(9)10/h15-16,19-20H,3-14,17-18H2,1-2H3;1-2,5-6H,(H,7,8)(H,9,10). The predicted molar refractivity (Wildman–Crippen MR) is 128 cm³/mol. The van der Waals surface area contributed by atoms with E-state index < -0.39 is 24.1 Å². The van der Waals surface area contributed by atoms with Crippen molar-refractivity contribution in [2.75, 3.05) is 0 Å². The lowest BCUT2D eigenvalue weighted by molar-refractivity contribution is -0.165. The van der Waals surface area contributed by atoms with Gasteiger partial charge in [-0.05, 0) is 36.8 Å². The van der Waals surface area contributed by atoms with Crippen molar-refractivity contribution < 1.29 is 30.0 Å². The molecule has 0 bridgehead atoms. The Morgan fingerprint density at radius 1 is 0.625 bits per heavy atom. The van der Waals surface area contributed by atoms with Gasteiger partial charge >= 0.3 is 11.9 Å². The van der Waals surface area contributed by atoms with E-state index >= 15 is 0 Å². The normalized spacial score (nSPS) is 12.5. The van der Waals surface area contributed by atoms with Crippen LogP contribution in [0.25, 0.3) is 0 Å². The molecule has 0 spiro atoms. The van der Waals surface area contributed by atoms with E-state index in [4.69, 9.17) is 20.4 Å². The van der Waals surface area contributed by atoms with Gasteiger partial charge in [0.25, 0.3) is 0 Å². The largest absolute Gasteiger partial charge is 0.479 e. The first kappa shape index (κ1) is 30.1. The van der Waals surface area contributed by atoms with Gasteiger partial charge in [0.2, 0.25) is 0 Å². The highest BCUT2D eigenvalue weighted by Gasteiger charge is 2.29. The zero-order valence-electron chi connectivity index (χ0n) is 20.0. The Bertz CT molecular complexity index is 563. The Morgan fingerprint density at radius 2 is 0.938 bits per heavy atom. The smallest absolute Gasteiger partial charge is 0.335 e. The number of rotatable bonds is 17. The number of carbonyl (C=O) groups is 2. The van der Waals surface area contributed by atoms with Crippen molar-refractivity contribution >= 4 is 11.9 Å². The van der Waals surface area contributed by atoms with Crippen LogP contribution in [0.5, 0.6) is 0 Å². The van der Waals surface area contributed by atoms with Gasteiger partial charge in [0.1, 0.15) is 0 Å². The molecule has 0 saturated heterocycles. The number of hydrogen-bond donors (Lipinski definition) is 4. The average Bonchev–Trinajstić information content (AvgIpc) is 2.78. The van der Waals surface area contributed by atoms with Crippen LogP contribution in [0.1, 0.15) is 102 Å². The summed E-state index contributed by atoms with van der Waals surface area (Å²) in [4.78, 5) is 19.5. The molecule has 0 amide bonds. The molecule has 0 aliphatic rings. The van der Waals surface area contributed by atoms with Crippen LogP contribution in [0.4, 0.5) is 0 Å². The summed E-state index contributed by atoms with van der Waals surface area (Å²) in [5.41, 5.74) is 3.23. The number of benzene rings is 1. The minimum absolute atomic E-state index is 1.29. The zero-order valence-corrected chi connectivity index (χ0v) is 20.0. The Kier molecular flexibility index (Phi) is 18.6. The SMILES string of the molecule is CCCCCCCCc1ccccc1CCCCCCCC.O=C(O)C(O)C(O)C(=O)O. The molecule has 0 aromatic heterocycles. The van der Waals surface area contributed by atoms with Gasteiger partial charge in [-0.15, -0.1) is 0 Å². The molecular formula is C26H44O6. The second kappa shape index (κ2) is 19.7. The Balaban J connectivity index is 0.000000809. The van der Waals surface area contributed by atoms with E-state index in [0.717, 1.165) is 0 Å². The second-order valence-electron chi connectivity index (χ2n) is 8.37. The maximum atomic E-state index is 9.77. The molecule has 4 N–H and O–H groups in total. The van der Waals surface area contributed by atoms with Crippen LogP contribution < -0.4 is 0 Å². The van der Waals surface area contributed by atoms with E-state index in [9.17, 15) is 9.59 Å². The first-order chi connectivity index (χ1) is 15.3. The Morgan fingerprint density at radius 3 is 1.25 bits per heavy atom. The minimum Gasteiger partial charge on any atom is -0.479 e. The third kappa shape index (κ3) is 15.0. The number of hydrogen-bond acceptors (Lipinski definition) is 4. The quantitative estimate of drug-likeness (QED) is 0.236. The summed E-state index contributed by atoms with van der Waals surface area (Å²) < 4.78 is 0. The van der Waals surface area contributed by atoms with Gasteiger partial charge in [0.05, 0.1) is 0 Å². The lowest BCUT2D eigenvalue weighted by atomic mass is 9.96. The van der Waals surface area contributed by atoms with E-state index in [-0.39, 0.29) is 0 Å². The topological polar surface area (TPSA) is 115 Å². The van der Waals surface area contributed by atoms with Gasteiger partial charge < -0.3 is 20.4 Å². The summed E-state index contributed by atoms with van der Waals surface area (Å²) in [6, 6.07) is 9.16. The van der Waals surface area contributed by atoms with Crippen molar-refractivity contribution in [1.29, 1.82) is 0 Å². The van der Waals surface area contributed by atoms with Crippen LogP contribution >= 0.6 is 0 Å². The lowest BCUT2D eigenvalue weighted by Gasteiger charge is -2.09. The van der Waals surface area contributed by atoms with Gasteiger partial charge in [0, 0.05) is 0 Å². The first-order valence-electron chi connectivity index (χ1n) is 12.2. The molecule has 1 aromatic carbocycles. The van der Waals surface area contributed by atoms with Crippen LogP contribution in [-0.2, 0) is 22.4 Å². The molecule has 2 unspecified atom stereocenters. The van der Waals surface area contributed by atoms with Crippen molar-refractivity contribution in [3.8, 4) is 0 Å². The molecule has 6 nitrogen and oxygen atoms in total. The molecular weight excluding hydrogens is 408 g/mol. The van der Waals surface area contributed by atoms with Crippen molar-refractivity contribution in [2.45, 2.75) is 116 Å². The summed E-state index contributed by atoms with van der Waals surface area (Å²) in [6.45, 7) is 4.58. The molecule has 0 heterocycles. The molecule has 32 heavy (non-hydrogen) atoms. The van der Waals surface area contributed by atoms with E-state index in [2.05, 4.69) is 38.1 Å². The van der Waals surface area contributed by atoms with Crippen LogP contribution in [0.2, 0.25) is 0 Å². The number of aliphatic carboxylic acids is 2. The number of aliphatic hydroxyl groups excluding tert-OH is 2. The van der Waals surface area contributed by atoms with Crippen molar-refractivity contribution in [3.05, 3.63) is 35.4 Å². The maximum Gasteiger partial charge on any atom is 0.335 e. The molecule has 0 saturated carbocycles. The molecule has 0 radical (unpaired) electrons. The number of aliphatic hydroxyl groups is 2. The summed E-state index contributed by atoms with van der Waals surface area (Å²) in [5, 5.41) is 32.5. The molecule has 0 aliphatic carbocycles. The first-order valence-corrected chi connectivity index (χ1v) is 12.2. The van der Waals surface area contributed by atoms with E-state index in [1.165, 1.54) is 89.9 Å². The summed E-state index contributed by atoms with van der Waals surface area (Å²) in [5.74, 6) is -3.54. The molecule has 184 valence electrons. The van der Waals surface area contributed by atoms with Gasteiger partial charge in [-0.3, -0.25) is 0 Å². The van der Waals surface area contributed by atoms with Gasteiger partial charge in [-0.1, -0.05) is 102 Å².